The minimum absolute atomic E-state index is 0.274. The number of likely N-dealkylation sites (tertiary alicyclic amines) is 1. The fourth-order valence-corrected chi connectivity index (χ4v) is 4.16. The molecular formula is C21H26ClN3O2. The van der Waals surface area contributed by atoms with Gasteiger partial charge in [0.05, 0.1) is 24.9 Å². The molecule has 2 aliphatic rings. The molecule has 1 aromatic heterocycles. The number of fused-ring (bicyclic) bond motifs is 1. The van der Waals surface area contributed by atoms with Gasteiger partial charge in [-0.15, -0.1) is 0 Å². The fourth-order valence-electron chi connectivity index (χ4n) is 3.99. The van der Waals surface area contributed by atoms with Crippen molar-refractivity contribution < 1.29 is 9.47 Å². The Morgan fingerprint density at radius 1 is 1.11 bits per heavy atom. The van der Waals surface area contributed by atoms with Crippen LogP contribution in [0.15, 0.2) is 18.2 Å². The minimum atomic E-state index is 0.274. The summed E-state index contributed by atoms with van der Waals surface area (Å²) in [7, 11) is 1.67. The Labute approximate surface area is 165 Å². The largest absolute Gasteiger partial charge is 0.493 e. The lowest BCUT2D eigenvalue weighted by Crippen LogP contribution is -2.21. The molecule has 0 atom stereocenters. The molecule has 1 aliphatic heterocycles. The van der Waals surface area contributed by atoms with Crippen LogP contribution >= 0.6 is 11.6 Å². The number of methoxy groups -OCH3 is 1. The quantitative estimate of drug-likeness (QED) is 0.508. The first-order valence-electron chi connectivity index (χ1n) is 9.84. The van der Waals surface area contributed by atoms with E-state index in [1.807, 2.05) is 12.1 Å². The van der Waals surface area contributed by atoms with Crippen molar-refractivity contribution in [3.8, 4) is 11.5 Å². The monoisotopic (exact) mass is 387 g/mol. The second-order valence-corrected chi connectivity index (χ2v) is 7.57. The molecule has 1 aliphatic carbocycles. The van der Waals surface area contributed by atoms with Gasteiger partial charge in [-0.3, -0.25) is 0 Å². The van der Waals surface area contributed by atoms with Crippen molar-refractivity contribution in [1.82, 2.24) is 14.9 Å². The van der Waals surface area contributed by atoms with E-state index >= 15 is 0 Å². The van der Waals surface area contributed by atoms with Crippen LogP contribution in [-0.2, 0) is 0 Å². The molecule has 0 radical (unpaired) electrons. The number of aromatic nitrogens is 2. The molecule has 0 amide bonds. The summed E-state index contributed by atoms with van der Waals surface area (Å²) in [6, 6.07) is 3.91. The summed E-state index contributed by atoms with van der Waals surface area (Å²) in [5.74, 6) is 1.43. The number of benzene rings is 1. The Morgan fingerprint density at radius 3 is 2.70 bits per heavy atom. The maximum Gasteiger partial charge on any atom is 0.223 e. The molecule has 144 valence electrons. The van der Waals surface area contributed by atoms with Gasteiger partial charge in [-0.1, -0.05) is 6.08 Å². The molecule has 0 saturated carbocycles. The van der Waals surface area contributed by atoms with Crippen molar-refractivity contribution in [2.75, 3.05) is 33.4 Å². The van der Waals surface area contributed by atoms with E-state index in [-0.39, 0.29) is 5.28 Å². The zero-order valence-corrected chi connectivity index (χ0v) is 16.6. The molecule has 1 saturated heterocycles. The van der Waals surface area contributed by atoms with E-state index in [1.54, 1.807) is 7.11 Å². The van der Waals surface area contributed by atoms with Crippen LogP contribution in [0.4, 0.5) is 0 Å². The first-order chi connectivity index (χ1) is 13.2. The Morgan fingerprint density at radius 2 is 1.96 bits per heavy atom. The van der Waals surface area contributed by atoms with Crippen LogP contribution in [-0.4, -0.2) is 48.2 Å². The normalized spacial score (nSPS) is 17.5. The molecule has 0 spiro atoms. The number of hydrogen-bond donors (Lipinski definition) is 0. The lowest BCUT2D eigenvalue weighted by atomic mass is 10.1. The van der Waals surface area contributed by atoms with Crippen molar-refractivity contribution in [2.24, 2.45) is 0 Å². The van der Waals surface area contributed by atoms with Crippen LogP contribution < -0.4 is 9.47 Å². The Bertz CT molecular complexity index is 847. The first kappa shape index (κ1) is 18.5. The number of ether oxygens (including phenoxy) is 2. The van der Waals surface area contributed by atoms with Crippen LogP contribution in [0.1, 0.15) is 44.2 Å². The molecule has 5 nitrogen and oxygen atoms in total. The molecule has 0 N–H and O–H groups in total. The van der Waals surface area contributed by atoms with Gasteiger partial charge in [0, 0.05) is 18.0 Å². The van der Waals surface area contributed by atoms with Gasteiger partial charge in [-0.2, -0.15) is 0 Å². The third-order valence-electron chi connectivity index (χ3n) is 5.37. The van der Waals surface area contributed by atoms with E-state index in [4.69, 9.17) is 21.1 Å². The predicted molar refractivity (Wildman–Crippen MR) is 109 cm³/mol. The zero-order valence-electron chi connectivity index (χ0n) is 15.8. The highest BCUT2D eigenvalue weighted by Gasteiger charge is 2.17. The van der Waals surface area contributed by atoms with Crippen LogP contribution in [0.25, 0.3) is 16.5 Å². The molecule has 0 unspecified atom stereocenters. The number of rotatable bonds is 7. The lowest BCUT2D eigenvalue weighted by Gasteiger charge is -2.16. The van der Waals surface area contributed by atoms with Crippen molar-refractivity contribution in [1.29, 1.82) is 0 Å². The summed E-state index contributed by atoms with van der Waals surface area (Å²) in [5, 5.41) is 1.24. The van der Waals surface area contributed by atoms with Crippen molar-refractivity contribution in [3.63, 3.8) is 0 Å². The highest BCUT2D eigenvalue weighted by molar-refractivity contribution is 6.28. The maximum atomic E-state index is 6.20. The molecule has 0 bridgehead atoms. The van der Waals surface area contributed by atoms with E-state index in [0.717, 1.165) is 54.6 Å². The molecule has 2 heterocycles. The van der Waals surface area contributed by atoms with Crippen LogP contribution in [0.2, 0.25) is 5.28 Å². The van der Waals surface area contributed by atoms with Gasteiger partial charge in [0.15, 0.2) is 11.5 Å². The van der Waals surface area contributed by atoms with Gasteiger partial charge < -0.3 is 14.4 Å². The Hall–Kier alpha value is -1.85. The molecule has 27 heavy (non-hydrogen) atoms. The summed E-state index contributed by atoms with van der Waals surface area (Å²) in [6.07, 6.45) is 9.16. The van der Waals surface area contributed by atoms with Crippen LogP contribution in [0, 0.1) is 0 Å². The predicted octanol–water partition coefficient (Wildman–Crippen LogP) is 4.72. The average molecular weight is 388 g/mol. The molecule has 6 heteroatoms. The Balaban J connectivity index is 1.55. The summed E-state index contributed by atoms with van der Waals surface area (Å²) < 4.78 is 11.6. The van der Waals surface area contributed by atoms with Gasteiger partial charge >= 0.3 is 0 Å². The minimum Gasteiger partial charge on any atom is -0.493 e. The smallest absolute Gasteiger partial charge is 0.223 e. The van der Waals surface area contributed by atoms with Crippen LogP contribution in [0.3, 0.4) is 0 Å². The molecule has 4 rings (SSSR count). The second-order valence-electron chi connectivity index (χ2n) is 7.23. The van der Waals surface area contributed by atoms with Gasteiger partial charge in [-0.05, 0) is 74.9 Å². The highest BCUT2D eigenvalue weighted by atomic mass is 35.5. The third kappa shape index (κ3) is 4.19. The summed E-state index contributed by atoms with van der Waals surface area (Å²) in [5.41, 5.74) is 2.96. The van der Waals surface area contributed by atoms with Gasteiger partial charge in [0.2, 0.25) is 5.28 Å². The van der Waals surface area contributed by atoms with Crippen molar-refractivity contribution >= 4 is 28.1 Å². The highest BCUT2D eigenvalue weighted by Crippen LogP contribution is 2.37. The van der Waals surface area contributed by atoms with E-state index < -0.39 is 0 Å². The number of hydrogen-bond acceptors (Lipinski definition) is 5. The molecular weight excluding hydrogens is 362 g/mol. The summed E-state index contributed by atoms with van der Waals surface area (Å²) in [4.78, 5) is 11.4. The van der Waals surface area contributed by atoms with Gasteiger partial charge in [0.1, 0.15) is 0 Å². The van der Waals surface area contributed by atoms with Crippen LogP contribution in [0.5, 0.6) is 11.5 Å². The average Bonchev–Trinajstić information content (AvgIpc) is 3.37. The standard InChI is InChI=1S/C21H26ClN3O2/c1-26-18-13-16-17(23-21(22)24-20(16)15-7-2-3-8-15)14-19(18)27-12-6-11-25-9-4-5-10-25/h7,13-14H,2-6,8-12H2,1H3. The van der Waals surface area contributed by atoms with E-state index in [1.165, 1.54) is 31.5 Å². The van der Waals surface area contributed by atoms with Gasteiger partial charge in [-0.25, -0.2) is 9.97 Å². The molecule has 1 fully saturated rings. The third-order valence-corrected chi connectivity index (χ3v) is 5.54. The molecule has 2 aromatic rings. The second kappa shape index (κ2) is 8.44. The number of allylic oxidation sites excluding steroid dienone is 2. The lowest BCUT2D eigenvalue weighted by molar-refractivity contribution is 0.254. The zero-order chi connectivity index (χ0) is 18.6. The number of halogens is 1. The molecule has 1 aromatic carbocycles. The fraction of sp³-hybridized carbons (Fsp3) is 0.524. The number of nitrogens with zero attached hydrogens (tertiary/aromatic N) is 3. The van der Waals surface area contributed by atoms with E-state index in [9.17, 15) is 0 Å². The van der Waals surface area contributed by atoms with Crippen molar-refractivity contribution in [3.05, 3.63) is 29.2 Å². The van der Waals surface area contributed by atoms with E-state index in [0.29, 0.717) is 12.4 Å². The summed E-state index contributed by atoms with van der Waals surface area (Å²) in [6.45, 7) is 4.18. The Kier molecular flexibility index (Phi) is 5.79. The van der Waals surface area contributed by atoms with Gasteiger partial charge in [0.25, 0.3) is 0 Å². The summed E-state index contributed by atoms with van der Waals surface area (Å²) >= 11 is 6.20. The van der Waals surface area contributed by atoms with E-state index in [2.05, 4.69) is 20.9 Å². The maximum absolute atomic E-state index is 6.20. The van der Waals surface area contributed by atoms with Crippen molar-refractivity contribution in [2.45, 2.75) is 38.5 Å². The first-order valence-corrected chi connectivity index (χ1v) is 10.2. The topological polar surface area (TPSA) is 47.5 Å². The SMILES string of the molecule is COc1cc2c(C3=CCCC3)nc(Cl)nc2cc1OCCCN1CCCC1.